The van der Waals surface area contributed by atoms with Crippen molar-refractivity contribution in [2.24, 2.45) is 0 Å². The molecule has 0 saturated carbocycles. The molecule has 4 rings (SSSR count). The molecule has 3 amide bonds. The molecule has 174 valence electrons. The normalized spacial score (nSPS) is 16.2. The number of carbonyl (C=O) groups is 3. The molecule has 1 saturated heterocycles. The molecule has 8 heteroatoms. The van der Waals surface area contributed by atoms with Crippen molar-refractivity contribution in [3.8, 4) is 5.75 Å². The molecule has 1 fully saturated rings. The Morgan fingerprint density at radius 1 is 0.939 bits per heavy atom. The molecule has 2 aromatic rings. The van der Waals surface area contributed by atoms with E-state index in [2.05, 4.69) is 22.3 Å². The predicted molar refractivity (Wildman–Crippen MR) is 126 cm³/mol. The van der Waals surface area contributed by atoms with Crippen LogP contribution in [0.15, 0.2) is 48.5 Å². The number of rotatable bonds is 7. The Bertz CT molecular complexity index is 1000. The molecule has 0 aromatic heterocycles. The number of amides is 3. The molecule has 33 heavy (non-hydrogen) atoms. The van der Waals surface area contributed by atoms with Gasteiger partial charge in [-0.2, -0.15) is 0 Å². The van der Waals surface area contributed by atoms with E-state index in [-0.39, 0.29) is 37.1 Å². The predicted octanol–water partition coefficient (Wildman–Crippen LogP) is 2.15. The third-order valence-corrected chi connectivity index (χ3v) is 6.23. The van der Waals surface area contributed by atoms with Crippen LogP contribution in [-0.2, 0) is 20.8 Å². The zero-order valence-electron chi connectivity index (χ0n) is 19.0. The van der Waals surface area contributed by atoms with E-state index < -0.39 is 0 Å². The van der Waals surface area contributed by atoms with Crippen molar-refractivity contribution in [1.82, 2.24) is 9.80 Å². The average Bonchev–Trinajstić information content (AvgIpc) is 2.86. The molecule has 8 nitrogen and oxygen atoms in total. The maximum absolute atomic E-state index is 12.8. The Morgan fingerprint density at radius 3 is 2.36 bits per heavy atom. The van der Waals surface area contributed by atoms with Crippen molar-refractivity contribution in [2.45, 2.75) is 19.3 Å². The molecular formula is C25H30N4O4. The van der Waals surface area contributed by atoms with Crippen LogP contribution in [-0.4, -0.2) is 73.9 Å². The lowest BCUT2D eigenvalue weighted by Crippen LogP contribution is -2.49. The number of benzene rings is 2. The molecule has 0 atom stereocenters. The number of nitrogens with zero attached hydrogens (tertiary/aromatic N) is 3. The fourth-order valence-corrected chi connectivity index (χ4v) is 4.26. The topological polar surface area (TPSA) is 82.2 Å². The lowest BCUT2D eigenvalue weighted by molar-refractivity contribution is -0.134. The van der Waals surface area contributed by atoms with Gasteiger partial charge in [-0.1, -0.05) is 24.3 Å². The highest BCUT2D eigenvalue weighted by Crippen LogP contribution is 2.29. The summed E-state index contributed by atoms with van der Waals surface area (Å²) in [6.07, 6.45) is 1.21. The SMILES string of the molecule is COc1ccc(CCN2CCN(C(=O)CCC(=O)N3CC(=O)Nc4ccccc43)CC2)cc1. The summed E-state index contributed by atoms with van der Waals surface area (Å²) in [7, 11) is 1.66. The molecule has 1 N–H and O–H groups in total. The molecule has 0 unspecified atom stereocenters. The van der Waals surface area contributed by atoms with Gasteiger partial charge in [-0.05, 0) is 36.2 Å². The van der Waals surface area contributed by atoms with Crippen molar-refractivity contribution in [3.05, 3.63) is 54.1 Å². The smallest absolute Gasteiger partial charge is 0.244 e. The number of hydrogen-bond acceptors (Lipinski definition) is 5. The van der Waals surface area contributed by atoms with Crippen molar-refractivity contribution in [3.63, 3.8) is 0 Å². The molecule has 2 heterocycles. The van der Waals surface area contributed by atoms with E-state index in [1.165, 1.54) is 10.5 Å². The first-order valence-corrected chi connectivity index (χ1v) is 11.4. The van der Waals surface area contributed by atoms with Gasteiger partial charge in [0.1, 0.15) is 12.3 Å². The van der Waals surface area contributed by atoms with Crippen LogP contribution in [0.25, 0.3) is 0 Å². The molecule has 2 aromatic carbocycles. The quantitative estimate of drug-likeness (QED) is 0.699. The molecule has 0 spiro atoms. The third-order valence-electron chi connectivity index (χ3n) is 6.23. The highest BCUT2D eigenvalue weighted by molar-refractivity contribution is 6.10. The van der Waals surface area contributed by atoms with E-state index in [0.717, 1.165) is 31.8 Å². The van der Waals surface area contributed by atoms with Gasteiger partial charge >= 0.3 is 0 Å². The first-order chi connectivity index (χ1) is 16.0. The lowest BCUT2D eigenvalue weighted by atomic mass is 10.1. The summed E-state index contributed by atoms with van der Waals surface area (Å²) in [4.78, 5) is 43.1. The number of carbonyl (C=O) groups excluding carboxylic acids is 3. The largest absolute Gasteiger partial charge is 0.497 e. The molecule has 0 radical (unpaired) electrons. The summed E-state index contributed by atoms with van der Waals surface area (Å²) in [5.41, 5.74) is 2.57. The highest BCUT2D eigenvalue weighted by Gasteiger charge is 2.28. The van der Waals surface area contributed by atoms with Crippen LogP contribution in [0.3, 0.4) is 0 Å². The van der Waals surface area contributed by atoms with Gasteiger partial charge in [0.05, 0.1) is 18.5 Å². The number of methoxy groups -OCH3 is 1. The highest BCUT2D eigenvalue weighted by atomic mass is 16.5. The van der Waals surface area contributed by atoms with Gasteiger partial charge in [-0.3, -0.25) is 19.3 Å². The van der Waals surface area contributed by atoms with Gasteiger partial charge in [0, 0.05) is 45.6 Å². The zero-order valence-corrected chi connectivity index (χ0v) is 19.0. The Hall–Kier alpha value is -3.39. The maximum Gasteiger partial charge on any atom is 0.244 e. The number of hydrogen-bond donors (Lipinski definition) is 1. The van der Waals surface area contributed by atoms with E-state index in [1.807, 2.05) is 29.2 Å². The Morgan fingerprint density at radius 2 is 1.64 bits per heavy atom. The van der Waals surface area contributed by atoms with Crippen LogP contribution in [0.2, 0.25) is 0 Å². The monoisotopic (exact) mass is 450 g/mol. The second-order valence-electron chi connectivity index (χ2n) is 8.37. The van der Waals surface area contributed by atoms with Crippen molar-refractivity contribution >= 4 is 29.1 Å². The fraction of sp³-hybridized carbons (Fsp3) is 0.400. The Balaban J connectivity index is 1.21. The van der Waals surface area contributed by atoms with Gasteiger partial charge in [0.25, 0.3) is 0 Å². The van der Waals surface area contributed by atoms with Gasteiger partial charge in [0.15, 0.2) is 0 Å². The van der Waals surface area contributed by atoms with Crippen LogP contribution in [0, 0.1) is 0 Å². The summed E-state index contributed by atoms with van der Waals surface area (Å²) < 4.78 is 5.20. The number of anilines is 2. The number of ether oxygens (including phenoxy) is 1. The van der Waals surface area contributed by atoms with Crippen LogP contribution < -0.4 is 15.0 Å². The molecule has 2 aliphatic rings. The standard InChI is InChI=1S/C25H30N4O4/c1-33-20-8-6-19(7-9-20)12-13-27-14-16-28(17-15-27)24(31)10-11-25(32)29-18-23(30)26-21-4-2-3-5-22(21)29/h2-9H,10-18H2,1H3,(H,26,30). The fourth-order valence-electron chi connectivity index (χ4n) is 4.26. The van der Waals surface area contributed by atoms with Crippen LogP contribution >= 0.6 is 0 Å². The van der Waals surface area contributed by atoms with E-state index >= 15 is 0 Å². The van der Waals surface area contributed by atoms with Crippen LogP contribution in [0.1, 0.15) is 18.4 Å². The molecule has 2 aliphatic heterocycles. The number of nitrogens with one attached hydrogen (secondary N) is 1. The third kappa shape index (κ3) is 5.70. The lowest BCUT2D eigenvalue weighted by Gasteiger charge is -2.35. The molecule has 0 bridgehead atoms. The van der Waals surface area contributed by atoms with Crippen molar-refractivity contribution in [2.75, 3.05) is 56.6 Å². The number of piperazine rings is 1. The summed E-state index contributed by atoms with van der Waals surface area (Å²) in [6, 6.07) is 15.3. The number of fused-ring (bicyclic) bond motifs is 1. The minimum Gasteiger partial charge on any atom is -0.497 e. The summed E-state index contributed by atoms with van der Waals surface area (Å²) in [5.74, 6) is 0.424. The number of para-hydroxylation sites is 2. The summed E-state index contributed by atoms with van der Waals surface area (Å²) in [5, 5.41) is 2.77. The van der Waals surface area contributed by atoms with Crippen molar-refractivity contribution in [1.29, 1.82) is 0 Å². The van der Waals surface area contributed by atoms with Gasteiger partial charge in [-0.15, -0.1) is 0 Å². The van der Waals surface area contributed by atoms with E-state index in [4.69, 9.17) is 4.74 Å². The molecular weight excluding hydrogens is 420 g/mol. The van der Waals surface area contributed by atoms with Crippen LogP contribution in [0.4, 0.5) is 11.4 Å². The van der Waals surface area contributed by atoms with Gasteiger partial charge in [0.2, 0.25) is 17.7 Å². The Kier molecular flexibility index (Phi) is 7.24. The van der Waals surface area contributed by atoms with E-state index in [1.54, 1.807) is 19.2 Å². The second kappa shape index (κ2) is 10.5. The minimum absolute atomic E-state index is 0.00657. The zero-order chi connectivity index (χ0) is 23.2. The first-order valence-electron chi connectivity index (χ1n) is 11.4. The van der Waals surface area contributed by atoms with Crippen molar-refractivity contribution < 1.29 is 19.1 Å². The average molecular weight is 451 g/mol. The van der Waals surface area contributed by atoms with Gasteiger partial charge < -0.3 is 19.9 Å². The van der Waals surface area contributed by atoms with E-state index in [0.29, 0.717) is 24.5 Å². The van der Waals surface area contributed by atoms with E-state index in [9.17, 15) is 14.4 Å². The summed E-state index contributed by atoms with van der Waals surface area (Å²) in [6.45, 7) is 3.93. The van der Waals surface area contributed by atoms with Gasteiger partial charge in [-0.25, -0.2) is 0 Å². The Labute approximate surface area is 194 Å². The maximum atomic E-state index is 12.8. The summed E-state index contributed by atoms with van der Waals surface area (Å²) >= 11 is 0. The minimum atomic E-state index is -0.223. The first kappa shape index (κ1) is 22.8. The molecule has 0 aliphatic carbocycles. The van der Waals surface area contributed by atoms with Crippen LogP contribution in [0.5, 0.6) is 5.75 Å². The second-order valence-corrected chi connectivity index (χ2v) is 8.37.